The number of rotatable bonds is 4. The highest BCUT2D eigenvalue weighted by molar-refractivity contribution is 6.07. The fourth-order valence-electron chi connectivity index (χ4n) is 5.03. The summed E-state index contributed by atoms with van der Waals surface area (Å²) < 4.78 is 6.74. The molecular formula is C29H22N2O5. The molecule has 2 aromatic heterocycles. The number of pyridine rings is 2. The second-order valence-electron chi connectivity index (χ2n) is 9.08. The molecular weight excluding hydrogens is 456 g/mol. The highest BCUT2D eigenvalue weighted by Gasteiger charge is 2.45. The zero-order chi connectivity index (χ0) is 25.0. The zero-order valence-corrected chi connectivity index (χ0v) is 19.5. The van der Waals surface area contributed by atoms with Gasteiger partial charge < -0.3 is 14.4 Å². The average Bonchev–Trinajstić information content (AvgIpc) is 3.27. The van der Waals surface area contributed by atoms with Crippen LogP contribution in [0.5, 0.6) is 0 Å². The molecule has 6 rings (SSSR count). The predicted molar refractivity (Wildman–Crippen MR) is 134 cm³/mol. The van der Waals surface area contributed by atoms with Gasteiger partial charge in [-0.3, -0.25) is 9.59 Å². The molecule has 1 atom stereocenters. The standard InChI is InChI=1S/C29H22N2O5/c1-2-29(35)22-14-24-26-19(15-31(24)27(33)21(22)16-36-28(29)34)13-20-17(9-6-10-23(20)30-26)11-12-25(32)18-7-4-3-5-8-18/h3-14,35H,2,15-16H2,1H3/t29-/m0/s1. The smallest absolute Gasteiger partial charge is 0.343 e. The molecule has 0 fully saturated rings. The SMILES string of the molecule is CC[C@@]1(O)C(=O)OCc2c1cc1n(c2=O)Cc2cc3c(C=CC(=O)c4ccccc4)cccc3nc2-1. The average molecular weight is 479 g/mol. The monoisotopic (exact) mass is 478 g/mol. The Kier molecular flexibility index (Phi) is 4.98. The molecule has 0 bridgehead atoms. The summed E-state index contributed by atoms with van der Waals surface area (Å²) in [5, 5.41) is 11.9. The predicted octanol–water partition coefficient (Wildman–Crippen LogP) is 3.98. The number of benzene rings is 2. The first-order valence-electron chi connectivity index (χ1n) is 11.8. The van der Waals surface area contributed by atoms with Gasteiger partial charge in [0.05, 0.1) is 29.0 Å². The molecule has 1 N–H and O–H groups in total. The first kappa shape index (κ1) is 22.1. The molecule has 0 unspecified atom stereocenters. The van der Waals surface area contributed by atoms with E-state index >= 15 is 0 Å². The minimum absolute atomic E-state index is 0.0913. The Balaban J connectivity index is 1.45. The first-order valence-corrected chi connectivity index (χ1v) is 11.8. The van der Waals surface area contributed by atoms with E-state index in [0.717, 1.165) is 16.5 Å². The minimum Gasteiger partial charge on any atom is -0.458 e. The van der Waals surface area contributed by atoms with Crippen LogP contribution in [0.4, 0.5) is 0 Å². The number of carbonyl (C=O) groups is 2. The first-order chi connectivity index (χ1) is 17.4. The quantitative estimate of drug-likeness (QED) is 0.238. The number of aromatic nitrogens is 2. The van der Waals surface area contributed by atoms with E-state index < -0.39 is 11.6 Å². The number of esters is 1. The van der Waals surface area contributed by atoms with Crippen LogP contribution in [0.25, 0.3) is 28.4 Å². The molecule has 178 valence electrons. The lowest BCUT2D eigenvalue weighted by Gasteiger charge is -2.31. The summed E-state index contributed by atoms with van der Waals surface area (Å²) in [5.41, 5.74) is 2.67. The molecule has 2 aromatic carbocycles. The van der Waals surface area contributed by atoms with Crippen LogP contribution in [-0.2, 0) is 28.3 Å². The lowest BCUT2D eigenvalue weighted by Crippen LogP contribution is -2.44. The van der Waals surface area contributed by atoms with E-state index in [9.17, 15) is 19.5 Å². The van der Waals surface area contributed by atoms with Gasteiger partial charge in [-0.05, 0) is 36.3 Å². The molecule has 7 nitrogen and oxygen atoms in total. The number of aliphatic hydroxyl groups is 1. The lowest BCUT2D eigenvalue weighted by atomic mass is 9.86. The normalized spacial score (nSPS) is 18.1. The molecule has 0 saturated heterocycles. The molecule has 7 heteroatoms. The van der Waals surface area contributed by atoms with Crippen molar-refractivity contribution in [2.24, 2.45) is 0 Å². The summed E-state index contributed by atoms with van der Waals surface area (Å²) in [4.78, 5) is 43.1. The summed E-state index contributed by atoms with van der Waals surface area (Å²) >= 11 is 0. The Morgan fingerprint density at radius 1 is 1.14 bits per heavy atom. The van der Waals surface area contributed by atoms with E-state index in [1.807, 2.05) is 42.5 Å². The highest BCUT2D eigenvalue weighted by Crippen LogP contribution is 2.39. The van der Waals surface area contributed by atoms with E-state index in [-0.39, 0.29) is 24.4 Å². The molecule has 4 heterocycles. The Morgan fingerprint density at radius 3 is 2.72 bits per heavy atom. The summed E-state index contributed by atoms with van der Waals surface area (Å²) in [6.07, 6.45) is 3.42. The maximum Gasteiger partial charge on any atom is 0.343 e. The molecule has 4 aromatic rings. The van der Waals surface area contributed by atoms with E-state index in [2.05, 4.69) is 0 Å². The van der Waals surface area contributed by atoms with Gasteiger partial charge in [0.25, 0.3) is 5.56 Å². The van der Waals surface area contributed by atoms with Crippen LogP contribution in [0, 0.1) is 0 Å². The number of allylic oxidation sites excluding steroid dienone is 1. The van der Waals surface area contributed by atoms with E-state index in [1.54, 1.807) is 41.8 Å². The molecule has 0 amide bonds. The fraction of sp³-hybridized carbons (Fsp3) is 0.172. The molecule has 36 heavy (non-hydrogen) atoms. The van der Waals surface area contributed by atoms with Gasteiger partial charge in [0.2, 0.25) is 0 Å². The van der Waals surface area contributed by atoms with E-state index in [1.165, 1.54) is 0 Å². The van der Waals surface area contributed by atoms with Crippen molar-refractivity contribution < 1.29 is 19.4 Å². The molecule has 0 saturated carbocycles. The third kappa shape index (κ3) is 3.24. The molecule has 0 spiro atoms. The molecule has 2 aliphatic rings. The van der Waals surface area contributed by atoms with Crippen LogP contribution in [0.3, 0.4) is 0 Å². The lowest BCUT2D eigenvalue weighted by molar-refractivity contribution is -0.172. The molecule has 2 aliphatic heterocycles. The van der Waals surface area contributed by atoms with Crippen molar-refractivity contribution in [1.29, 1.82) is 0 Å². The van der Waals surface area contributed by atoms with Crippen molar-refractivity contribution in [3.63, 3.8) is 0 Å². The van der Waals surface area contributed by atoms with E-state index in [4.69, 9.17) is 9.72 Å². The van der Waals surface area contributed by atoms with Crippen molar-refractivity contribution >= 4 is 28.7 Å². The van der Waals surface area contributed by atoms with Crippen LogP contribution in [-0.4, -0.2) is 26.4 Å². The molecule has 0 radical (unpaired) electrons. The third-order valence-electron chi connectivity index (χ3n) is 7.06. The van der Waals surface area contributed by atoms with Gasteiger partial charge in [-0.1, -0.05) is 55.5 Å². The topological polar surface area (TPSA) is 98.5 Å². The number of hydrogen-bond acceptors (Lipinski definition) is 6. The van der Waals surface area contributed by atoms with Crippen LogP contribution in [0.15, 0.2) is 71.5 Å². The highest BCUT2D eigenvalue weighted by atomic mass is 16.6. The van der Waals surface area contributed by atoms with Gasteiger partial charge in [0.1, 0.15) is 6.61 Å². The number of hydrogen-bond donors (Lipinski definition) is 1. The van der Waals surface area contributed by atoms with Crippen molar-refractivity contribution in [2.45, 2.75) is 32.1 Å². The maximum absolute atomic E-state index is 13.3. The van der Waals surface area contributed by atoms with Gasteiger partial charge in [-0.25, -0.2) is 9.78 Å². The fourth-order valence-corrected chi connectivity index (χ4v) is 5.03. The Hall–Kier alpha value is -4.36. The Bertz CT molecular complexity index is 1670. The van der Waals surface area contributed by atoms with Crippen molar-refractivity contribution in [2.75, 3.05) is 0 Å². The summed E-state index contributed by atoms with van der Waals surface area (Å²) in [6.45, 7) is 1.84. The number of carbonyl (C=O) groups excluding carboxylic acids is 2. The van der Waals surface area contributed by atoms with Gasteiger partial charge in [-0.2, -0.15) is 0 Å². The number of nitrogens with zero attached hydrogens (tertiary/aromatic N) is 2. The maximum atomic E-state index is 13.3. The van der Waals surface area contributed by atoms with Crippen LogP contribution in [0.2, 0.25) is 0 Å². The second-order valence-corrected chi connectivity index (χ2v) is 9.08. The van der Waals surface area contributed by atoms with Crippen molar-refractivity contribution in [3.05, 3.63) is 105 Å². The summed E-state index contributed by atoms with van der Waals surface area (Å²) in [6, 6.07) is 18.4. The van der Waals surface area contributed by atoms with Gasteiger partial charge in [0, 0.05) is 22.1 Å². The molecule has 0 aliphatic carbocycles. The summed E-state index contributed by atoms with van der Waals surface area (Å²) in [5.74, 6) is -0.834. The van der Waals surface area contributed by atoms with Gasteiger partial charge in [-0.15, -0.1) is 0 Å². The third-order valence-corrected chi connectivity index (χ3v) is 7.06. The number of cyclic esters (lactones) is 1. The van der Waals surface area contributed by atoms with Gasteiger partial charge >= 0.3 is 5.97 Å². The Morgan fingerprint density at radius 2 is 1.94 bits per heavy atom. The summed E-state index contributed by atoms with van der Waals surface area (Å²) in [7, 11) is 0. The minimum atomic E-state index is -1.86. The van der Waals surface area contributed by atoms with Crippen molar-refractivity contribution in [3.8, 4) is 11.4 Å². The van der Waals surface area contributed by atoms with Crippen molar-refractivity contribution in [1.82, 2.24) is 9.55 Å². The van der Waals surface area contributed by atoms with Crippen LogP contribution in [0.1, 0.15) is 46.0 Å². The van der Waals surface area contributed by atoms with Crippen LogP contribution < -0.4 is 5.56 Å². The zero-order valence-electron chi connectivity index (χ0n) is 19.5. The number of ketones is 1. The number of fused-ring (bicyclic) bond motifs is 5. The van der Waals surface area contributed by atoms with Crippen LogP contribution >= 0.6 is 0 Å². The largest absolute Gasteiger partial charge is 0.458 e. The number of ether oxygens (including phenoxy) is 1. The second kappa shape index (κ2) is 8.10. The van der Waals surface area contributed by atoms with Gasteiger partial charge in [0.15, 0.2) is 11.4 Å². The Labute approximate surface area is 206 Å². The van der Waals surface area contributed by atoms with E-state index in [0.29, 0.717) is 40.1 Å².